The van der Waals surface area contributed by atoms with Gasteiger partial charge in [-0.15, -0.1) is 11.6 Å². The molecule has 1 aromatic carbocycles. The van der Waals surface area contributed by atoms with Crippen LogP contribution in [0.2, 0.25) is 0 Å². The van der Waals surface area contributed by atoms with Crippen LogP contribution >= 0.6 is 11.6 Å². The minimum Gasteiger partial charge on any atom is -0.508 e. The number of aromatic hydroxyl groups is 1. The van der Waals surface area contributed by atoms with Crippen LogP contribution in [0.25, 0.3) is 0 Å². The lowest BCUT2D eigenvalue weighted by atomic mass is 10.1. The van der Waals surface area contributed by atoms with Gasteiger partial charge in [-0.2, -0.15) is 0 Å². The highest BCUT2D eigenvalue weighted by atomic mass is 35.5. The standard InChI is InChI=1S/C11H14ClNO2/c1-7-5-9(14)3-4-10(7)11(15)13-6-8(2)12/h3-5,8,14H,6H2,1-2H3,(H,13,15). The van der Waals surface area contributed by atoms with Crippen LogP contribution in [0.15, 0.2) is 18.2 Å². The number of aryl methyl sites for hydroxylation is 1. The number of carbonyl (C=O) groups is 1. The molecule has 0 bridgehead atoms. The molecule has 2 N–H and O–H groups in total. The second-order valence-corrected chi connectivity index (χ2v) is 4.24. The second kappa shape index (κ2) is 5.03. The maximum Gasteiger partial charge on any atom is 0.251 e. The molecule has 0 radical (unpaired) electrons. The van der Waals surface area contributed by atoms with Gasteiger partial charge in [-0.3, -0.25) is 4.79 Å². The first-order chi connectivity index (χ1) is 7.00. The third kappa shape index (κ3) is 3.44. The fraction of sp³-hybridized carbons (Fsp3) is 0.364. The summed E-state index contributed by atoms with van der Waals surface area (Å²) in [5, 5.41) is 11.8. The quantitative estimate of drug-likeness (QED) is 0.777. The van der Waals surface area contributed by atoms with Gasteiger partial charge < -0.3 is 10.4 Å². The Bertz CT molecular complexity index is 364. The normalized spacial score (nSPS) is 12.2. The van der Waals surface area contributed by atoms with E-state index in [9.17, 15) is 9.90 Å². The Kier molecular flexibility index (Phi) is 3.97. The van der Waals surface area contributed by atoms with Crippen molar-refractivity contribution in [1.82, 2.24) is 5.32 Å². The van der Waals surface area contributed by atoms with Crippen molar-refractivity contribution in [2.75, 3.05) is 6.54 Å². The van der Waals surface area contributed by atoms with Crippen molar-refractivity contribution in [2.45, 2.75) is 19.2 Å². The maximum atomic E-state index is 11.6. The molecule has 1 rings (SSSR count). The molecule has 0 aliphatic carbocycles. The third-order valence-electron chi connectivity index (χ3n) is 2.00. The predicted octanol–water partition coefficient (Wildman–Crippen LogP) is 2.06. The first kappa shape index (κ1) is 11.9. The van der Waals surface area contributed by atoms with Crippen molar-refractivity contribution >= 4 is 17.5 Å². The highest BCUT2D eigenvalue weighted by molar-refractivity contribution is 6.20. The molecule has 4 heteroatoms. The number of hydrogen-bond acceptors (Lipinski definition) is 2. The molecule has 1 aromatic rings. The van der Waals surface area contributed by atoms with Crippen molar-refractivity contribution in [3.05, 3.63) is 29.3 Å². The van der Waals surface area contributed by atoms with E-state index in [-0.39, 0.29) is 17.0 Å². The Hall–Kier alpha value is -1.22. The van der Waals surface area contributed by atoms with Crippen LogP contribution in [0.3, 0.4) is 0 Å². The Morgan fingerprint density at radius 2 is 2.27 bits per heavy atom. The summed E-state index contributed by atoms with van der Waals surface area (Å²) in [5.74, 6) is -0.00485. The third-order valence-corrected chi connectivity index (χ3v) is 2.15. The van der Waals surface area contributed by atoms with Gasteiger partial charge in [0.15, 0.2) is 0 Å². The number of carbonyl (C=O) groups excluding carboxylic acids is 1. The molecular weight excluding hydrogens is 214 g/mol. The Morgan fingerprint density at radius 1 is 1.60 bits per heavy atom. The molecular formula is C11H14ClNO2. The molecule has 1 atom stereocenters. The molecule has 0 fully saturated rings. The number of halogens is 1. The summed E-state index contributed by atoms with van der Waals surface area (Å²) in [7, 11) is 0. The van der Waals surface area contributed by atoms with Gasteiger partial charge in [0, 0.05) is 17.5 Å². The second-order valence-electron chi connectivity index (χ2n) is 3.49. The van der Waals surface area contributed by atoms with Gasteiger partial charge in [-0.1, -0.05) is 0 Å². The molecule has 0 spiro atoms. The van der Waals surface area contributed by atoms with E-state index in [1.54, 1.807) is 19.1 Å². The molecule has 0 saturated heterocycles. The summed E-state index contributed by atoms with van der Waals surface area (Å²) in [4.78, 5) is 11.6. The Morgan fingerprint density at radius 3 is 2.80 bits per heavy atom. The van der Waals surface area contributed by atoms with Crippen molar-refractivity contribution in [1.29, 1.82) is 0 Å². The lowest BCUT2D eigenvalue weighted by molar-refractivity contribution is 0.0953. The van der Waals surface area contributed by atoms with Crippen LogP contribution in [0, 0.1) is 6.92 Å². The Labute approximate surface area is 94.1 Å². The average molecular weight is 228 g/mol. The van der Waals surface area contributed by atoms with Gasteiger partial charge in [0.25, 0.3) is 5.91 Å². The fourth-order valence-electron chi connectivity index (χ4n) is 1.23. The highest BCUT2D eigenvalue weighted by Crippen LogP contribution is 2.15. The number of amides is 1. The molecule has 1 amide bonds. The minimum absolute atomic E-state index is 0.0913. The SMILES string of the molecule is Cc1cc(O)ccc1C(=O)NCC(C)Cl. The summed E-state index contributed by atoms with van der Waals surface area (Å²) in [6.45, 7) is 4.02. The smallest absolute Gasteiger partial charge is 0.251 e. The largest absolute Gasteiger partial charge is 0.508 e. The fourth-order valence-corrected chi connectivity index (χ4v) is 1.31. The van der Waals surface area contributed by atoms with E-state index in [0.717, 1.165) is 5.56 Å². The first-order valence-electron chi connectivity index (χ1n) is 4.72. The van der Waals surface area contributed by atoms with Gasteiger partial charge in [0.05, 0.1) is 0 Å². The zero-order valence-electron chi connectivity index (χ0n) is 8.75. The van der Waals surface area contributed by atoms with Gasteiger partial charge in [0.2, 0.25) is 0 Å². The minimum atomic E-state index is -0.167. The number of alkyl halides is 1. The monoisotopic (exact) mass is 227 g/mol. The van der Waals surface area contributed by atoms with E-state index in [0.29, 0.717) is 12.1 Å². The Balaban J connectivity index is 2.74. The molecule has 15 heavy (non-hydrogen) atoms. The van der Waals surface area contributed by atoms with E-state index in [1.807, 2.05) is 6.92 Å². The zero-order valence-corrected chi connectivity index (χ0v) is 9.51. The van der Waals surface area contributed by atoms with E-state index < -0.39 is 0 Å². The average Bonchev–Trinajstić information content (AvgIpc) is 2.14. The van der Waals surface area contributed by atoms with Crippen molar-refractivity contribution in [3.63, 3.8) is 0 Å². The summed E-state index contributed by atoms with van der Waals surface area (Å²) < 4.78 is 0. The lowest BCUT2D eigenvalue weighted by Gasteiger charge is -2.08. The van der Waals surface area contributed by atoms with Crippen LogP contribution in [0.5, 0.6) is 5.75 Å². The van der Waals surface area contributed by atoms with Crippen LogP contribution in [0.1, 0.15) is 22.8 Å². The summed E-state index contributed by atoms with van der Waals surface area (Å²) in [6, 6.07) is 4.64. The van der Waals surface area contributed by atoms with Crippen LogP contribution in [-0.4, -0.2) is 22.9 Å². The molecule has 0 heterocycles. The number of phenolic OH excluding ortho intramolecular Hbond substituents is 1. The molecule has 0 saturated carbocycles. The van der Waals surface area contributed by atoms with Gasteiger partial charge in [-0.05, 0) is 37.6 Å². The van der Waals surface area contributed by atoms with Crippen molar-refractivity contribution in [2.24, 2.45) is 0 Å². The van der Waals surface area contributed by atoms with Crippen LogP contribution in [0.4, 0.5) is 0 Å². The first-order valence-corrected chi connectivity index (χ1v) is 5.16. The molecule has 0 aliphatic heterocycles. The molecule has 1 unspecified atom stereocenters. The van der Waals surface area contributed by atoms with Gasteiger partial charge in [-0.25, -0.2) is 0 Å². The topological polar surface area (TPSA) is 49.3 Å². The number of rotatable bonds is 3. The van der Waals surface area contributed by atoms with Gasteiger partial charge in [0.1, 0.15) is 5.75 Å². The number of nitrogens with one attached hydrogen (secondary N) is 1. The van der Waals surface area contributed by atoms with Crippen LogP contribution < -0.4 is 5.32 Å². The van der Waals surface area contributed by atoms with E-state index in [1.165, 1.54) is 6.07 Å². The predicted molar refractivity (Wildman–Crippen MR) is 60.5 cm³/mol. The molecule has 82 valence electrons. The number of phenols is 1. The summed E-state index contributed by atoms with van der Waals surface area (Å²) in [5.41, 5.74) is 1.31. The highest BCUT2D eigenvalue weighted by Gasteiger charge is 2.09. The van der Waals surface area contributed by atoms with Gasteiger partial charge >= 0.3 is 0 Å². The number of hydrogen-bond donors (Lipinski definition) is 2. The van der Waals surface area contributed by atoms with Crippen LogP contribution in [-0.2, 0) is 0 Å². The molecule has 0 aromatic heterocycles. The zero-order chi connectivity index (χ0) is 11.4. The van der Waals surface area contributed by atoms with Crippen molar-refractivity contribution < 1.29 is 9.90 Å². The van der Waals surface area contributed by atoms with E-state index in [2.05, 4.69) is 5.32 Å². The lowest BCUT2D eigenvalue weighted by Crippen LogP contribution is -2.29. The summed E-state index contributed by atoms with van der Waals surface area (Å²) in [6.07, 6.45) is 0. The molecule has 0 aliphatic rings. The number of benzene rings is 1. The van der Waals surface area contributed by atoms with E-state index >= 15 is 0 Å². The maximum absolute atomic E-state index is 11.6. The van der Waals surface area contributed by atoms with E-state index in [4.69, 9.17) is 11.6 Å². The van der Waals surface area contributed by atoms with Crippen molar-refractivity contribution in [3.8, 4) is 5.75 Å². The molecule has 3 nitrogen and oxygen atoms in total. The summed E-state index contributed by atoms with van der Waals surface area (Å²) >= 11 is 5.72.